The van der Waals surface area contributed by atoms with Gasteiger partial charge in [0.05, 0.1) is 11.9 Å². The van der Waals surface area contributed by atoms with Crippen LogP contribution in [0.15, 0.2) is 34.9 Å². The molecule has 108 valence electrons. The molecule has 0 aliphatic heterocycles. The Kier molecular flexibility index (Phi) is 5.12. The smallest absolute Gasteiger partial charge is 0.141 e. The number of ether oxygens (including phenoxy) is 1. The molecular weight excluding hydrogens is 334 g/mol. The average Bonchev–Trinajstić information content (AvgIpc) is 2.83. The van der Waals surface area contributed by atoms with Gasteiger partial charge in [-0.1, -0.05) is 52.9 Å². The van der Waals surface area contributed by atoms with E-state index in [9.17, 15) is 0 Å². The lowest BCUT2D eigenvalue weighted by Crippen LogP contribution is -2.22. The second kappa shape index (κ2) is 6.65. The fraction of sp³-hybridized carbons (Fsp3) is 0.429. The minimum atomic E-state index is -1.04. The fourth-order valence-electron chi connectivity index (χ4n) is 1.73. The summed E-state index contributed by atoms with van der Waals surface area (Å²) in [6.07, 6.45) is 1.77. The molecule has 6 heteroatoms. The third-order valence-corrected chi connectivity index (χ3v) is 5.20. The van der Waals surface area contributed by atoms with E-state index in [0.29, 0.717) is 6.73 Å². The van der Waals surface area contributed by atoms with Crippen molar-refractivity contribution in [3.63, 3.8) is 0 Å². The van der Waals surface area contributed by atoms with Crippen LogP contribution in [0.1, 0.15) is 0 Å². The molecule has 0 amide bonds. The zero-order valence-electron chi connectivity index (χ0n) is 12.1. The Labute approximate surface area is 129 Å². The van der Waals surface area contributed by atoms with Crippen molar-refractivity contribution in [1.29, 1.82) is 0 Å². The van der Waals surface area contributed by atoms with Gasteiger partial charge in [0.1, 0.15) is 6.73 Å². The van der Waals surface area contributed by atoms with Crippen LogP contribution >= 0.6 is 15.9 Å². The highest BCUT2D eigenvalue weighted by atomic mass is 79.9. The van der Waals surface area contributed by atoms with Gasteiger partial charge >= 0.3 is 0 Å². The molecule has 0 aliphatic rings. The standard InChI is InChI=1S/C14H20BrN3OSi/c1-20(2,3)9-8-19-11-18-14(10-16-17-18)12-4-6-13(15)7-5-12/h4-7,10H,8-9,11H2,1-3H3. The van der Waals surface area contributed by atoms with Crippen molar-refractivity contribution in [2.24, 2.45) is 0 Å². The summed E-state index contributed by atoms with van der Waals surface area (Å²) < 4.78 is 8.59. The molecule has 0 aliphatic carbocycles. The molecular formula is C14H20BrN3OSi. The molecule has 0 N–H and O–H groups in total. The number of hydrogen-bond acceptors (Lipinski definition) is 3. The first kappa shape index (κ1) is 15.4. The highest BCUT2D eigenvalue weighted by Crippen LogP contribution is 2.20. The molecule has 1 heterocycles. The van der Waals surface area contributed by atoms with E-state index in [4.69, 9.17) is 4.74 Å². The SMILES string of the molecule is C[Si](C)(C)CCOCn1nncc1-c1ccc(Br)cc1. The van der Waals surface area contributed by atoms with E-state index in [-0.39, 0.29) is 0 Å². The number of halogens is 1. The van der Waals surface area contributed by atoms with Crippen LogP contribution in [0, 0.1) is 0 Å². The molecule has 1 aromatic heterocycles. The van der Waals surface area contributed by atoms with Gasteiger partial charge in [0, 0.05) is 24.7 Å². The van der Waals surface area contributed by atoms with Crippen molar-refractivity contribution in [3.8, 4) is 11.3 Å². The van der Waals surface area contributed by atoms with Crippen molar-refractivity contribution in [3.05, 3.63) is 34.9 Å². The Morgan fingerprint density at radius 3 is 2.55 bits per heavy atom. The van der Waals surface area contributed by atoms with Crippen molar-refractivity contribution in [1.82, 2.24) is 15.0 Å². The first-order valence-corrected chi connectivity index (χ1v) is 11.2. The second-order valence-electron chi connectivity index (χ2n) is 5.97. The zero-order valence-corrected chi connectivity index (χ0v) is 14.7. The number of rotatable bonds is 6. The van der Waals surface area contributed by atoms with E-state index in [1.165, 1.54) is 0 Å². The minimum Gasteiger partial charge on any atom is -0.359 e. The van der Waals surface area contributed by atoms with E-state index in [1.54, 1.807) is 10.9 Å². The third-order valence-electron chi connectivity index (χ3n) is 2.97. The summed E-state index contributed by atoms with van der Waals surface area (Å²) in [6, 6.07) is 9.27. The van der Waals surface area contributed by atoms with Gasteiger partial charge in [0.2, 0.25) is 0 Å². The Morgan fingerprint density at radius 1 is 1.20 bits per heavy atom. The van der Waals surface area contributed by atoms with Gasteiger partial charge in [-0.3, -0.25) is 0 Å². The Morgan fingerprint density at radius 2 is 1.90 bits per heavy atom. The Bertz CT molecular complexity index is 548. The second-order valence-corrected chi connectivity index (χ2v) is 12.5. The first-order valence-electron chi connectivity index (χ1n) is 6.68. The summed E-state index contributed by atoms with van der Waals surface area (Å²) in [6.45, 7) is 8.28. The Balaban J connectivity index is 1.97. The molecule has 20 heavy (non-hydrogen) atoms. The predicted molar refractivity (Wildman–Crippen MR) is 87.3 cm³/mol. The molecule has 0 bridgehead atoms. The monoisotopic (exact) mass is 353 g/mol. The van der Waals surface area contributed by atoms with Crippen LogP contribution < -0.4 is 0 Å². The summed E-state index contributed by atoms with van der Waals surface area (Å²) in [7, 11) is -1.04. The van der Waals surface area contributed by atoms with Gasteiger partial charge in [0.25, 0.3) is 0 Å². The molecule has 0 unspecified atom stereocenters. The zero-order chi connectivity index (χ0) is 14.6. The normalized spacial score (nSPS) is 11.8. The van der Waals surface area contributed by atoms with E-state index >= 15 is 0 Å². The molecule has 0 atom stereocenters. The molecule has 0 spiro atoms. The largest absolute Gasteiger partial charge is 0.359 e. The van der Waals surface area contributed by atoms with Crippen LogP contribution in [0.3, 0.4) is 0 Å². The lowest BCUT2D eigenvalue weighted by atomic mass is 10.2. The molecule has 2 aromatic rings. The van der Waals surface area contributed by atoms with Crippen LogP contribution in [0.25, 0.3) is 11.3 Å². The molecule has 2 rings (SSSR count). The van der Waals surface area contributed by atoms with Gasteiger partial charge in [0.15, 0.2) is 0 Å². The Hall–Kier alpha value is -0.983. The minimum absolute atomic E-state index is 0.454. The maximum atomic E-state index is 5.73. The summed E-state index contributed by atoms with van der Waals surface area (Å²) in [4.78, 5) is 0. The van der Waals surface area contributed by atoms with E-state index in [2.05, 4.69) is 45.9 Å². The maximum Gasteiger partial charge on any atom is 0.141 e. The van der Waals surface area contributed by atoms with Crippen LogP contribution in [0.4, 0.5) is 0 Å². The fourth-order valence-corrected chi connectivity index (χ4v) is 2.75. The highest BCUT2D eigenvalue weighted by Gasteiger charge is 2.12. The number of nitrogens with zero attached hydrogens (tertiary/aromatic N) is 3. The van der Waals surface area contributed by atoms with Crippen molar-refractivity contribution >= 4 is 24.0 Å². The van der Waals surface area contributed by atoms with Crippen LogP contribution in [0.2, 0.25) is 25.7 Å². The molecule has 0 fully saturated rings. The summed E-state index contributed by atoms with van der Waals surface area (Å²) >= 11 is 3.44. The van der Waals surface area contributed by atoms with Crippen molar-refractivity contribution in [2.45, 2.75) is 32.4 Å². The molecule has 0 saturated heterocycles. The molecule has 0 radical (unpaired) electrons. The summed E-state index contributed by atoms with van der Waals surface area (Å²) in [5.41, 5.74) is 2.07. The average molecular weight is 354 g/mol. The highest BCUT2D eigenvalue weighted by molar-refractivity contribution is 9.10. The molecule has 4 nitrogen and oxygen atoms in total. The number of hydrogen-bond donors (Lipinski definition) is 0. The molecule has 1 aromatic carbocycles. The molecule has 0 saturated carbocycles. The van der Waals surface area contributed by atoms with Gasteiger partial charge in [-0.15, -0.1) is 5.10 Å². The van der Waals surface area contributed by atoms with Gasteiger partial charge in [-0.25, -0.2) is 4.68 Å². The van der Waals surface area contributed by atoms with Gasteiger partial charge in [-0.2, -0.15) is 0 Å². The van der Waals surface area contributed by atoms with Crippen molar-refractivity contribution in [2.75, 3.05) is 6.61 Å². The first-order chi connectivity index (χ1) is 9.46. The van der Waals surface area contributed by atoms with E-state index in [0.717, 1.165) is 28.4 Å². The van der Waals surface area contributed by atoms with Gasteiger partial charge in [-0.05, 0) is 18.2 Å². The van der Waals surface area contributed by atoms with Crippen LogP contribution in [0.5, 0.6) is 0 Å². The summed E-state index contributed by atoms with van der Waals surface area (Å²) in [5.74, 6) is 0. The van der Waals surface area contributed by atoms with E-state index in [1.807, 2.05) is 24.3 Å². The van der Waals surface area contributed by atoms with Crippen LogP contribution in [-0.2, 0) is 11.5 Å². The quantitative estimate of drug-likeness (QED) is 0.581. The third kappa shape index (κ3) is 4.54. The lowest BCUT2D eigenvalue weighted by Gasteiger charge is -2.15. The van der Waals surface area contributed by atoms with Crippen molar-refractivity contribution < 1.29 is 4.74 Å². The summed E-state index contributed by atoms with van der Waals surface area (Å²) in [5, 5.41) is 8.07. The lowest BCUT2D eigenvalue weighted by molar-refractivity contribution is 0.0784. The number of benzene rings is 1. The predicted octanol–water partition coefficient (Wildman–Crippen LogP) is 4.02. The topological polar surface area (TPSA) is 39.9 Å². The maximum absolute atomic E-state index is 5.73. The number of aromatic nitrogens is 3. The van der Waals surface area contributed by atoms with E-state index < -0.39 is 8.07 Å². The van der Waals surface area contributed by atoms with Crippen LogP contribution in [-0.4, -0.2) is 29.7 Å². The van der Waals surface area contributed by atoms with Gasteiger partial charge < -0.3 is 4.74 Å².